The molecule has 2 atom stereocenters. The molecule has 1 aliphatic carbocycles. The van der Waals surface area contributed by atoms with Gasteiger partial charge in [-0.2, -0.15) is 0 Å². The fourth-order valence-corrected chi connectivity index (χ4v) is 2.44. The Morgan fingerprint density at radius 1 is 1.47 bits per heavy atom. The Hall–Kier alpha value is -0.870. The van der Waals surface area contributed by atoms with Gasteiger partial charge in [0.15, 0.2) is 0 Å². The number of ether oxygens (including phenoxy) is 1. The molecule has 2 unspecified atom stereocenters. The summed E-state index contributed by atoms with van der Waals surface area (Å²) in [5.74, 6) is -0.417. The van der Waals surface area contributed by atoms with Gasteiger partial charge in [-0.1, -0.05) is 19.4 Å². The van der Waals surface area contributed by atoms with Crippen LogP contribution in [0.3, 0.4) is 0 Å². The Morgan fingerprint density at radius 2 is 2.18 bits per heavy atom. The molecule has 0 spiro atoms. The molecule has 2 N–H and O–H groups in total. The second-order valence-corrected chi connectivity index (χ2v) is 5.00. The molecule has 0 radical (unpaired) electrons. The van der Waals surface area contributed by atoms with Gasteiger partial charge in [0.1, 0.15) is 0 Å². The van der Waals surface area contributed by atoms with Gasteiger partial charge in [-0.25, -0.2) is 4.79 Å². The first-order valence-corrected chi connectivity index (χ1v) is 6.10. The molecule has 0 amide bonds. The van der Waals surface area contributed by atoms with Gasteiger partial charge < -0.3 is 14.9 Å². The predicted octanol–water partition coefficient (Wildman–Crippen LogP) is 1.27. The lowest BCUT2D eigenvalue weighted by Crippen LogP contribution is -2.43. The number of esters is 1. The van der Waals surface area contributed by atoms with Crippen LogP contribution in [0, 0.1) is 11.3 Å². The number of aliphatic hydroxyl groups is 2. The smallest absolute Gasteiger partial charge is 0.333 e. The highest BCUT2D eigenvalue weighted by Crippen LogP contribution is 2.41. The molecule has 0 aliphatic heterocycles. The summed E-state index contributed by atoms with van der Waals surface area (Å²) in [4.78, 5) is 11.4. The Morgan fingerprint density at radius 3 is 2.71 bits per heavy atom. The Balaban J connectivity index is 2.66. The van der Waals surface area contributed by atoms with Crippen LogP contribution in [0.1, 0.15) is 32.6 Å². The van der Waals surface area contributed by atoms with E-state index in [4.69, 9.17) is 4.74 Å². The Bertz CT molecular complexity index is 287. The third kappa shape index (κ3) is 3.30. The minimum Gasteiger partial charge on any atom is -0.462 e. The first kappa shape index (κ1) is 14.2. The van der Waals surface area contributed by atoms with Crippen molar-refractivity contribution < 1.29 is 19.7 Å². The van der Waals surface area contributed by atoms with Gasteiger partial charge in [-0.3, -0.25) is 0 Å². The van der Waals surface area contributed by atoms with Crippen LogP contribution in [0.4, 0.5) is 0 Å². The van der Waals surface area contributed by atoms with Crippen LogP contribution in [0.5, 0.6) is 0 Å². The van der Waals surface area contributed by atoms with Gasteiger partial charge in [-0.05, 0) is 25.7 Å². The largest absolute Gasteiger partial charge is 0.462 e. The number of hydrogen-bond acceptors (Lipinski definition) is 4. The topological polar surface area (TPSA) is 66.8 Å². The SMILES string of the molecule is C=C(C)C(=O)OCC1(CO)CCCCC1CO. The highest BCUT2D eigenvalue weighted by molar-refractivity contribution is 5.86. The summed E-state index contributed by atoms with van der Waals surface area (Å²) in [5, 5.41) is 18.9. The standard InChI is InChI=1S/C13H22O4/c1-10(2)12(16)17-9-13(8-15)6-4-3-5-11(13)7-14/h11,14-15H,1,3-9H2,2H3. The molecule has 1 aliphatic rings. The third-order valence-corrected chi connectivity index (χ3v) is 3.72. The second kappa shape index (κ2) is 6.17. The summed E-state index contributed by atoms with van der Waals surface area (Å²) in [6.07, 6.45) is 3.73. The highest BCUT2D eigenvalue weighted by Gasteiger charge is 2.41. The number of carbonyl (C=O) groups is 1. The molecule has 1 saturated carbocycles. The van der Waals surface area contributed by atoms with Gasteiger partial charge in [0.05, 0.1) is 13.2 Å². The van der Waals surface area contributed by atoms with Crippen LogP contribution in [0.15, 0.2) is 12.2 Å². The van der Waals surface area contributed by atoms with Crippen molar-refractivity contribution in [2.24, 2.45) is 11.3 Å². The van der Waals surface area contributed by atoms with Crippen LogP contribution in [-0.4, -0.2) is 36.0 Å². The van der Waals surface area contributed by atoms with Crippen LogP contribution in [0.25, 0.3) is 0 Å². The van der Waals surface area contributed by atoms with Gasteiger partial charge in [-0.15, -0.1) is 0 Å². The number of rotatable bonds is 5. The summed E-state index contributed by atoms with van der Waals surface area (Å²) in [6, 6.07) is 0. The summed E-state index contributed by atoms with van der Waals surface area (Å²) >= 11 is 0. The van der Waals surface area contributed by atoms with Crippen LogP contribution in [0.2, 0.25) is 0 Å². The zero-order valence-corrected chi connectivity index (χ0v) is 10.4. The Labute approximate surface area is 102 Å². The van der Waals surface area contributed by atoms with E-state index < -0.39 is 11.4 Å². The summed E-state index contributed by atoms with van der Waals surface area (Å²) < 4.78 is 5.16. The fourth-order valence-electron chi connectivity index (χ4n) is 2.44. The maximum atomic E-state index is 11.4. The van der Waals surface area contributed by atoms with E-state index in [-0.39, 0.29) is 25.7 Å². The van der Waals surface area contributed by atoms with Crippen molar-refractivity contribution in [3.63, 3.8) is 0 Å². The minimum atomic E-state index is -0.474. The van der Waals surface area contributed by atoms with Crippen molar-refractivity contribution in [3.8, 4) is 0 Å². The van der Waals surface area contributed by atoms with Crippen molar-refractivity contribution in [1.82, 2.24) is 0 Å². The molecule has 4 heteroatoms. The number of aliphatic hydroxyl groups excluding tert-OH is 2. The number of carbonyl (C=O) groups excluding carboxylic acids is 1. The lowest BCUT2D eigenvalue weighted by molar-refractivity contribution is -0.148. The summed E-state index contributed by atoms with van der Waals surface area (Å²) in [7, 11) is 0. The monoisotopic (exact) mass is 242 g/mol. The lowest BCUT2D eigenvalue weighted by Gasteiger charge is -2.41. The molecule has 4 nitrogen and oxygen atoms in total. The molecular formula is C13H22O4. The fraction of sp³-hybridized carbons (Fsp3) is 0.769. The first-order chi connectivity index (χ1) is 8.05. The van der Waals surface area contributed by atoms with Crippen LogP contribution < -0.4 is 0 Å². The van der Waals surface area contributed by atoms with Gasteiger partial charge in [0.25, 0.3) is 0 Å². The molecule has 0 bridgehead atoms. The molecule has 1 fully saturated rings. The third-order valence-electron chi connectivity index (χ3n) is 3.72. The quantitative estimate of drug-likeness (QED) is 0.563. The van der Waals surface area contributed by atoms with E-state index in [9.17, 15) is 15.0 Å². The van der Waals surface area contributed by atoms with Gasteiger partial charge >= 0.3 is 5.97 Å². The minimum absolute atomic E-state index is 0.0131. The lowest BCUT2D eigenvalue weighted by atomic mass is 9.67. The van der Waals surface area contributed by atoms with Crippen molar-refractivity contribution >= 4 is 5.97 Å². The Kier molecular flexibility index (Phi) is 5.15. The molecule has 0 heterocycles. The second-order valence-electron chi connectivity index (χ2n) is 5.00. The average Bonchev–Trinajstić information content (AvgIpc) is 2.35. The molecule has 0 aromatic heterocycles. The van der Waals surface area contributed by atoms with Crippen molar-refractivity contribution in [1.29, 1.82) is 0 Å². The molecule has 1 rings (SSSR count). The van der Waals surface area contributed by atoms with E-state index in [2.05, 4.69) is 6.58 Å². The van der Waals surface area contributed by atoms with E-state index in [0.29, 0.717) is 5.57 Å². The highest BCUT2D eigenvalue weighted by atomic mass is 16.5. The number of hydrogen-bond donors (Lipinski definition) is 2. The van der Waals surface area contributed by atoms with E-state index in [1.165, 1.54) is 0 Å². The first-order valence-electron chi connectivity index (χ1n) is 6.10. The zero-order chi connectivity index (χ0) is 12.9. The van der Waals surface area contributed by atoms with E-state index in [0.717, 1.165) is 25.7 Å². The van der Waals surface area contributed by atoms with Gasteiger partial charge in [0, 0.05) is 17.6 Å². The molecule has 0 aromatic carbocycles. The van der Waals surface area contributed by atoms with Crippen molar-refractivity contribution in [3.05, 3.63) is 12.2 Å². The molecule has 0 saturated heterocycles. The van der Waals surface area contributed by atoms with E-state index >= 15 is 0 Å². The zero-order valence-electron chi connectivity index (χ0n) is 10.4. The summed E-state index contributed by atoms with van der Waals surface area (Å²) in [5.41, 5.74) is -0.118. The average molecular weight is 242 g/mol. The van der Waals surface area contributed by atoms with E-state index in [1.54, 1.807) is 6.92 Å². The van der Waals surface area contributed by atoms with E-state index in [1.807, 2.05) is 0 Å². The molecular weight excluding hydrogens is 220 g/mol. The maximum Gasteiger partial charge on any atom is 0.333 e. The van der Waals surface area contributed by atoms with Crippen LogP contribution >= 0.6 is 0 Å². The van der Waals surface area contributed by atoms with Crippen molar-refractivity contribution in [2.45, 2.75) is 32.6 Å². The maximum absolute atomic E-state index is 11.4. The van der Waals surface area contributed by atoms with Crippen molar-refractivity contribution in [2.75, 3.05) is 19.8 Å². The normalized spacial score (nSPS) is 28.8. The molecule has 0 aromatic rings. The molecule has 17 heavy (non-hydrogen) atoms. The van der Waals surface area contributed by atoms with Crippen LogP contribution in [-0.2, 0) is 9.53 Å². The summed E-state index contributed by atoms with van der Waals surface area (Å²) in [6.45, 7) is 5.26. The molecule has 98 valence electrons. The predicted molar refractivity (Wildman–Crippen MR) is 64.3 cm³/mol. The van der Waals surface area contributed by atoms with Gasteiger partial charge in [0.2, 0.25) is 0 Å².